The van der Waals surface area contributed by atoms with Crippen molar-refractivity contribution in [2.75, 3.05) is 17.5 Å². The molecule has 1 aliphatic rings. The van der Waals surface area contributed by atoms with Crippen LogP contribution in [-0.4, -0.2) is 33.4 Å². The van der Waals surface area contributed by atoms with Gasteiger partial charge in [0.1, 0.15) is 5.75 Å². The quantitative estimate of drug-likeness (QED) is 0.529. The topological polar surface area (TPSA) is 105 Å². The molecule has 0 spiro atoms. The zero-order valence-electron chi connectivity index (χ0n) is 18.9. The second kappa shape index (κ2) is 9.56. The van der Waals surface area contributed by atoms with E-state index in [1.54, 1.807) is 12.1 Å². The van der Waals surface area contributed by atoms with Crippen LogP contribution in [0.4, 0.5) is 5.69 Å². The van der Waals surface area contributed by atoms with Gasteiger partial charge in [-0.15, -0.1) is 0 Å². The minimum atomic E-state index is -3.84. The lowest BCUT2D eigenvalue weighted by molar-refractivity contribution is -0.123. The number of nitrogens with one attached hydrogen (secondary N) is 2. The van der Waals surface area contributed by atoms with Crippen LogP contribution in [0.3, 0.4) is 0 Å². The first-order valence-electron chi connectivity index (χ1n) is 10.8. The van der Waals surface area contributed by atoms with Crippen LogP contribution in [0.25, 0.3) is 0 Å². The molecule has 0 fully saturated rings. The number of nitrogens with zero attached hydrogens (tertiary/aromatic N) is 1. The van der Waals surface area contributed by atoms with E-state index in [9.17, 15) is 18.0 Å². The molecular weight excluding hydrogens is 454 g/mol. The minimum absolute atomic E-state index is 0.00133. The number of carbonyl (C=O) groups excluding carboxylic acids is 2. The molecule has 0 saturated carbocycles. The number of fused-ring (bicyclic) bond motifs is 1. The Hall–Kier alpha value is -3.85. The molecule has 1 heterocycles. The number of ether oxygens (including phenoxy) is 1. The second-order valence-electron chi connectivity index (χ2n) is 8.04. The highest BCUT2D eigenvalue weighted by Crippen LogP contribution is 2.32. The lowest BCUT2D eigenvalue weighted by Crippen LogP contribution is -2.43. The van der Waals surface area contributed by atoms with Gasteiger partial charge in [0.2, 0.25) is 0 Å². The summed E-state index contributed by atoms with van der Waals surface area (Å²) in [7, 11) is -3.84. The third kappa shape index (κ3) is 4.89. The Kier molecular flexibility index (Phi) is 6.56. The molecule has 0 unspecified atom stereocenters. The summed E-state index contributed by atoms with van der Waals surface area (Å²) < 4.78 is 33.3. The Morgan fingerprint density at radius 3 is 2.59 bits per heavy atom. The summed E-state index contributed by atoms with van der Waals surface area (Å²) >= 11 is 0. The number of benzene rings is 3. The highest BCUT2D eigenvalue weighted by molar-refractivity contribution is 7.92. The van der Waals surface area contributed by atoms with Crippen molar-refractivity contribution < 1.29 is 22.7 Å². The molecule has 34 heavy (non-hydrogen) atoms. The summed E-state index contributed by atoms with van der Waals surface area (Å²) in [6.07, 6.45) is 0.631. The van der Waals surface area contributed by atoms with Crippen molar-refractivity contribution in [3.63, 3.8) is 0 Å². The molecule has 2 amide bonds. The Morgan fingerprint density at radius 1 is 0.971 bits per heavy atom. The van der Waals surface area contributed by atoms with Crippen molar-refractivity contribution in [2.24, 2.45) is 0 Å². The van der Waals surface area contributed by atoms with Gasteiger partial charge in [-0.25, -0.2) is 8.42 Å². The van der Waals surface area contributed by atoms with E-state index >= 15 is 0 Å². The lowest BCUT2D eigenvalue weighted by atomic mass is 10.1. The molecule has 3 aromatic carbocycles. The van der Waals surface area contributed by atoms with Gasteiger partial charge in [-0.3, -0.25) is 24.7 Å². The van der Waals surface area contributed by atoms with E-state index in [1.165, 1.54) is 28.6 Å². The number of sulfonamides is 1. The summed E-state index contributed by atoms with van der Waals surface area (Å²) in [5, 5.41) is 0. The van der Waals surface area contributed by atoms with Crippen LogP contribution in [0, 0.1) is 13.8 Å². The van der Waals surface area contributed by atoms with Gasteiger partial charge in [0.15, 0.2) is 6.61 Å². The van der Waals surface area contributed by atoms with Gasteiger partial charge in [-0.2, -0.15) is 0 Å². The highest BCUT2D eigenvalue weighted by Gasteiger charge is 2.31. The Bertz CT molecular complexity index is 1350. The molecule has 1 aliphatic heterocycles. The molecule has 4 rings (SSSR count). The lowest BCUT2D eigenvalue weighted by Gasteiger charge is -2.20. The van der Waals surface area contributed by atoms with E-state index < -0.39 is 21.8 Å². The fraction of sp³-hybridized carbons (Fsp3) is 0.200. The zero-order valence-corrected chi connectivity index (χ0v) is 19.7. The van der Waals surface area contributed by atoms with Crippen molar-refractivity contribution >= 4 is 27.5 Å². The molecule has 0 bridgehead atoms. The molecule has 0 saturated heterocycles. The number of rotatable bonds is 6. The third-order valence-corrected chi connectivity index (χ3v) is 7.36. The van der Waals surface area contributed by atoms with E-state index in [0.29, 0.717) is 24.4 Å². The standard InChI is InChI=1S/C25H25N3O5S/c1-17-10-11-18(2)23(14-17)33-16-24(29)26-27-25(30)20-7-5-8-21(15-20)34(31,32)28-13-12-19-6-3-4-9-22(19)28/h3-11,14-15H,12-13,16H2,1-2H3,(H,26,29)(H,27,30). The summed E-state index contributed by atoms with van der Waals surface area (Å²) in [5.41, 5.74) is 8.19. The van der Waals surface area contributed by atoms with Gasteiger partial charge in [-0.05, 0) is 67.3 Å². The maximum atomic E-state index is 13.2. The van der Waals surface area contributed by atoms with Gasteiger partial charge < -0.3 is 4.74 Å². The SMILES string of the molecule is Cc1ccc(C)c(OCC(=O)NNC(=O)c2cccc(S(=O)(=O)N3CCc4ccccc43)c2)c1. The molecule has 176 valence electrons. The Labute approximate surface area is 198 Å². The molecule has 0 aliphatic carbocycles. The largest absolute Gasteiger partial charge is 0.483 e. The number of amides is 2. The first-order chi connectivity index (χ1) is 16.3. The van der Waals surface area contributed by atoms with E-state index in [1.807, 2.05) is 44.2 Å². The van der Waals surface area contributed by atoms with Crippen LogP contribution in [0.15, 0.2) is 71.6 Å². The van der Waals surface area contributed by atoms with E-state index in [4.69, 9.17) is 4.74 Å². The zero-order chi connectivity index (χ0) is 24.3. The van der Waals surface area contributed by atoms with Gasteiger partial charge >= 0.3 is 0 Å². The summed E-state index contributed by atoms with van der Waals surface area (Å²) in [6, 6.07) is 18.7. The van der Waals surface area contributed by atoms with Crippen molar-refractivity contribution in [2.45, 2.75) is 25.2 Å². The predicted molar refractivity (Wildman–Crippen MR) is 128 cm³/mol. The molecule has 0 atom stereocenters. The van der Waals surface area contributed by atoms with Gasteiger partial charge in [-0.1, -0.05) is 36.4 Å². The normalized spacial score (nSPS) is 12.7. The maximum absolute atomic E-state index is 13.2. The monoisotopic (exact) mass is 479 g/mol. The number of carbonyl (C=O) groups is 2. The number of hydrogen-bond donors (Lipinski definition) is 2. The fourth-order valence-electron chi connectivity index (χ4n) is 3.72. The molecule has 9 heteroatoms. The summed E-state index contributed by atoms with van der Waals surface area (Å²) in [6.45, 7) is 3.85. The fourth-order valence-corrected chi connectivity index (χ4v) is 5.27. The molecular formula is C25H25N3O5S. The van der Waals surface area contributed by atoms with Crippen LogP contribution < -0.4 is 19.9 Å². The highest BCUT2D eigenvalue weighted by atomic mass is 32.2. The summed E-state index contributed by atoms with van der Waals surface area (Å²) in [4.78, 5) is 24.7. The average Bonchev–Trinajstić information content (AvgIpc) is 3.28. The van der Waals surface area contributed by atoms with Gasteiger partial charge in [0.25, 0.3) is 21.8 Å². The first kappa shape index (κ1) is 23.3. The Balaban J connectivity index is 1.39. The van der Waals surface area contributed by atoms with Crippen molar-refractivity contribution in [3.8, 4) is 5.75 Å². The summed E-state index contributed by atoms with van der Waals surface area (Å²) in [5.74, 6) is -0.603. The smallest absolute Gasteiger partial charge is 0.276 e. The number of hydrogen-bond acceptors (Lipinski definition) is 5. The molecule has 2 N–H and O–H groups in total. The molecule has 0 radical (unpaired) electrons. The molecule has 8 nitrogen and oxygen atoms in total. The third-order valence-electron chi connectivity index (χ3n) is 5.55. The van der Waals surface area contributed by atoms with Crippen LogP contribution >= 0.6 is 0 Å². The number of para-hydroxylation sites is 1. The van der Waals surface area contributed by atoms with E-state index in [0.717, 1.165) is 16.7 Å². The number of hydrazine groups is 1. The first-order valence-corrected chi connectivity index (χ1v) is 12.2. The van der Waals surface area contributed by atoms with Crippen LogP contribution in [-0.2, 0) is 21.2 Å². The van der Waals surface area contributed by atoms with Crippen molar-refractivity contribution in [1.29, 1.82) is 0 Å². The second-order valence-corrected chi connectivity index (χ2v) is 9.91. The van der Waals surface area contributed by atoms with Gasteiger partial charge in [0.05, 0.1) is 10.6 Å². The maximum Gasteiger partial charge on any atom is 0.276 e. The van der Waals surface area contributed by atoms with Crippen LogP contribution in [0.1, 0.15) is 27.0 Å². The van der Waals surface area contributed by atoms with Crippen LogP contribution in [0.5, 0.6) is 5.75 Å². The predicted octanol–water partition coefficient (Wildman–Crippen LogP) is 2.89. The molecule has 0 aromatic heterocycles. The molecule has 3 aromatic rings. The number of anilines is 1. The van der Waals surface area contributed by atoms with Crippen LogP contribution in [0.2, 0.25) is 0 Å². The number of aryl methyl sites for hydroxylation is 2. The van der Waals surface area contributed by atoms with Crippen molar-refractivity contribution in [1.82, 2.24) is 10.9 Å². The minimum Gasteiger partial charge on any atom is -0.483 e. The average molecular weight is 480 g/mol. The van der Waals surface area contributed by atoms with E-state index in [-0.39, 0.29) is 17.1 Å². The van der Waals surface area contributed by atoms with E-state index in [2.05, 4.69) is 10.9 Å². The Morgan fingerprint density at radius 2 is 1.76 bits per heavy atom. The van der Waals surface area contributed by atoms with Gasteiger partial charge in [0, 0.05) is 12.1 Å². The van der Waals surface area contributed by atoms with Crippen molar-refractivity contribution in [3.05, 3.63) is 89.0 Å².